The quantitative estimate of drug-likeness (QED) is 0.800. The van der Waals surface area contributed by atoms with Crippen LogP contribution in [0.4, 0.5) is 11.4 Å². The summed E-state index contributed by atoms with van der Waals surface area (Å²) in [6.45, 7) is 2.01. The Morgan fingerprint density at radius 2 is 1.85 bits per heavy atom. The molecule has 5 heteroatoms. The average Bonchev–Trinajstić information content (AvgIpc) is 3.34. The molecule has 6 atom stereocenters. The highest BCUT2D eigenvalue weighted by Gasteiger charge is 2.62. The van der Waals surface area contributed by atoms with Gasteiger partial charge in [-0.3, -0.25) is 9.63 Å². The smallest absolute Gasteiger partial charge is 0.250 e. The van der Waals surface area contributed by atoms with Crippen LogP contribution in [0.15, 0.2) is 54.6 Å². The number of carbonyl (C=O) groups excluding carboxylic acids is 1. The molecule has 1 aliphatic heterocycles. The number of alkyl halides is 1. The van der Waals surface area contributed by atoms with Gasteiger partial charge in [0.1, 0.15) is 6.04 Å². The van der Waals surface area contributed by atoms with Crippen molar-refractivity contribution in [3.8, 4) is 0 Å². The van der Waals surface area contributed by atoms with Crippen LogP contribution in [0, 0.1) is 24.7 Å². The predicted octanol–water partition coefficient (Wildman–Crippen LogP) is 4.39. The third-order valence-corrected chi connectivity index (χ3v) is 6.95. The number of amides is 1. The van der Waals surface area contributed by atoms with Crippen LogP contribution in [0.1, 0.15) is 18.4 Å². The van der Waals surface area contributed by atoms with Crippen molar-refractivity contribution in [1.82, 2.24) is 0 Å². The van der Waals surface area contributed by atoms with Crippen molar-refractivity contribution in [3.05, 3.63) is 60.2 Å². The van der Waals surface area contributed by atoms with Gasteiger partial charge in [-0.15, -0.1) is 11.6 Å². The molecule has 3 aliphatic rings. The van der Waals surface area contributed by atoms with Gasteiger partial charge in [0.2, 0.25) is 5.91 Å². The zero-order valence-corrected chi connectivity index (χ0v) is 16.0. The van der Waals surface area contributed by atoms with E-state index in [9.17, 15) is 4.79 Å². The predicted molar refractivity (Wildman–Crippen MR) is 107 cm³/mol. The van der Waals surface area contributed by atoms with Crippen LogP contribution < -0.4 is 10.4 Å². The van der Waals surface area contributed by atoms with Gasteiger partial charge in [-0.1, -0.05) is 36.4 Å². The minimum absolute atomic E-state index is 0.000625. The second-order valence-electron chi connectivity index (χ2n) is 7.97. The highest BCUT2D eigenvalue weighted by molar-refractivity contribution is 6.21. The van der Waals surface area contributed by atoms with Crippen LogP contribution in [0.2, 0.25) is 0 Å². The first-order valence-corrected chi connectivity index (χ1v) is 10.1. The van der Waals surface area contributed by atoms with Crippen LogP contribution in [-0.4, -0.2) is 23.4 Å². The molecule has 1 amide bonds. The lowest BCUT2D eigenvalue weighted by atomic mass is 9.81. The van der Waals surface area contributed by atoms with Crippen molar-refractivity contribution in [3.63, 3.8) is 0 Å². The van der Waals surface area contributed by atoms with Gasteiger partial charge in [-0.05, 0) is 49.4 Å². The zero-order chi connectivity index (χ0) is 18.5. The van der Waals surface area contributed by atoms with Gasteiger partial charge < -0.3 is 5.32 Å². The molecule has 0 unspecified atom stereocenters. The van der Waals surface area contributed by atoms with Gasteiger partial charge in [0.25, 0.3) is 0 Å². The number of rotatable bonds is 3. The number of nitrogens with one attached hydrogen (secondary N) is 1. The van der Waals surface area contributed by atoms with Crippen LogP contribution in [0.25, 0.3) is 0 Å². The maximum Gasteiger partial charge on any atom is 0.250 e. The number of aryl methyl sites for hydroxylation is 1. The summed E-state index contributed by atoms with van der Waals surface area (Å²) in [6, 6.07) is 17.5. The van der Waals surface area contributed by atoms with E-state index in [2.05, 4.69) is 5.32 Å². The van der Waals surface area contributed by atoms with Crippen molar-refractivity contribution < 1.29 is 9.63 Å². The molecule has 2 aromatic carbocycles. The molecule has 27 heavy (non-hydrogen) atoms. The number of hydrogen-bond acceptors (Lipinski definition) is 3. The number of nitrogens with zero attached hydrogens (tertiary/aromatic N) is 1. The van der Waals surface area contributed by atoms with Crippen molar-refractivity contribution in [2.75, 3.05) is 10.4 Å². The van der Waals surface area contributed by atoms with Crippen LogP contribution in [-0.2, 0) is 9.63 Å². The molecule has 2 aliphatic carbocycles. The van der Waals surface area contributed by atoms with E-state index < -0.39 is 0 Å². The third kappa shape index (κ3) is 2.74. The lowest BCUT2D eigenvalue weighted by molar-refractivity contribution is -0.118. The molecule has 3 fully saturated rings. The van der Waals surface area contributed by atoms with Crippen LogP contribution >= 0.6 is 11.6 Å². The Morgan fingerprint density at radius 1 is 1.11 bits per heavy atom. The number of anilines is 2. The Morgan fingerprint density at radius 3 is 2.63 bits per heavy atom. The standard InChI is InChI=1S/C22H23ClN2O2/c1-13-7-5-6-10-18(13)24-22(26)20-19-14-11-16(17(23)12-14)21(19)27-25(20)15-8-3-2-4-9-15/h2-10,14,16-17,19-21H,11-12H2,1H3,(H,24,26)/t14-,16+,17+,19+,20-,21+/m0/s1. The van der Waals surface area contributed by atoms with E-state index in [0.29, 0.717) is 11.8 Å². The molecule has 0 radical (unpaired) electrons. The molecule has 1 saturated heterocycles. The Hall–Kier alpha value is -2.04. The first-order chi connectivity index (χ1) is 13.1. The molecular formula is C22H23ClN2O2. The molecule has 140 valence electrons. The molecular weight excluding hydrogens is 360 g/mol. The zero-order valence-electron chi connectivity index (χ0n) is 15.2. The molecule has 2 aromatic rings. The third-order valence-electron chi connectivity index (χ3n) is 6.45. The number of hydrogen-bond donors (Lipinski definition) is 1. The number of fused-ring (bicyclic) bond motifs is 5. The summed E-state index contributed by atoms with van der Waals surface area (Å²) in [7, 11) is 0. The number of hydroxylamine groups is 1. The van der Waals surface area contributed by atoms with Gasteiger partial charge in [0.15, 0.2) is 0 Å². The Kier molecular flexibility index (Phi) is 4.14. The van der Waals surface area contributed by atoms with E-state index in [0.717, 1.165) is 29.8 Å². The van der Waals surface area contributed by atoms with Gasteiger partial charge in [-0.2, -0.15) is 0 Å². The number of para-hydroxylation sites is 2. The Bertz CT molecular complexity index is 858. The van der Waals surface area contributed by atoms with Crippen LogP contribution in [0.5, 0.6) is 0 Å². The van der Waals surface area contributed by atoms with E-state index in [4.69, 9.17) is 16.4 Å². The normalized spacial score (nSPS) is 33.9. The highest BCUT2D eigenvalue weighted by atomic mass is 35.5. The lowest BCUT2D eigenvalue weighted by Gasteiger charge is -2.29. The van der Waals surface area contributed by atoms with Gasteiger partial charge in [-0.25, -0.2) is 5.06 Å². The molecule has 5 rings (SSSR count). The first kappa shape index (κ1) is 17.1. The van der Waals surface area contributed by atoms with Gasteiger partial charge in [0.05, 0.1) is 11.8 Å². The van der Waals surface area contributed by atoms with E-state index in [-0.39, 0.29) is 29.3 Å². The van der Waals surface area contributed by atoms with Crippen molar-refractivity contribution in [2.24, 2.45) is 17.8 Å². The second-order valence-corrected chi connectivity index (χ2v) is 8.53. The summed E-state index contributed by atoms with van der Waals surface area (Å²) in [6.07, 6.45) is 2.08. The van der Waals surface area contributed by atoms with E-state index >= 15 is 0 Å². The highest BCUT2D eigenvalue weighted by Crippen LogP contribution is 2.57. The molecule has 4 nitrogen and oxygen atoms in total. The summed E-state index contributed by atoms with van der Waals surface area (Å²) in [5.74, 6) is 0.974. The second kappa shape index (κ2) is 6.54. The van der Waals surface area contributed by atoms with E-state index in [1.165, 1.54) is 0 Å². The molecule has 0 aromatic heterocycles. The van der Waals surface area contributed by atoms with Crippen molar-refractivity contribution in [2.45, 2.75) is 37.3 Å². The number of halogens is 1. The van der Waals surface area contributed by atoms with E-state index in [1.54, 1.807) is 0 Å². The lowest BCUT2D eigenvalue weighted by Crippen LogP contribution is -2.45. The molecule has 1 heterocycles. The fourth-order valence-electron chi connectivity index (χ4n) is 5.20. The summed E-state index contributed by atoms with van der Waals surface area (Å²) >= 11 is 6.55. The van der Waals surface area contributed by atoms with E-state index in [1.807, 2.05) is 66.6 Å². The minimum atomic E-state index is -0.337. The van der Waals surface area contributed by atoms with Gasteiger partial charge in [0, 0.05) is 22.9 Å². The minimum Gasteiger partial charge on any atom is -0.324 e. The van der Waals surface area contributed by atoms with Gasteiger partial charge >= 0.3 is 0 Å². The maximum absolute atomic E-state index is 13.4. The average molecular weight is 383 g/mol. The summed E-state index contributed by atoms with van der Waals surface area (Å²) in [5, 5.41) is 5.13. The fraction of sp³-hybridized carbons (Fsp3) is 0.409. The van der Waals surface area contributed by atoms with Crippen molar-refractivity contribution >= 4 is 28.9 Å². The summed E-state index contributed by atoms with van der Waals surface area (Å²) in [5.41, 5.74) is 2.83. The Labute approximate surface area is 164 Å². The molecule has 1 N–H and O–H groups in total. The van der Waals surface area contributed by atoms with Crippen molar-refractivity contribution in [1.29, 1.82) is 0 Å². The van der Waals surface area contributed by atoms with Crippen LogP contribution in [0.3, 0.4) is 0 Å². The first-order valence-electron chi connectivity index (χ1n) is 9.65. The molecule has 0 spiro atoms. The summed E-state index contributed by atoms with van der Waals surface area (Å²) in [4.78, 5) is 19.8. The largest absolute Gasteiger partial charge is 0.324 e. The topological polar surface area (TPSA) is 41.6 Å². The molecule has 2 bridgehead atoms. The monoisotopic (exact) mass is 382 g/mol. The summed E-state index contributed by atoms with van der Waals surface area (Å²) < 4.78 is 0. The maximum atomic E-state index is 13.4. The number of benzene rings is 2. The fourth-order valence-corrected chi connectivity index (χ4v) is 5.68. The Balaban J connectivity index is 1.48. The SMILES string of the molecule is Cc1ccccc1NC(=O)[C@@H]1[C@H]2[C@H]3C[C@@H]([C@H]2ON1c1ccccc1)[C@H](Cl)C3. The number of carbonyl (C=O) groups is 1. The molecule has 2 saturated carbocycles.